The first-order chi connectivity index (χ1) is 18.1. The van der Waals surface area contributed by atoms with Gasteiger partial charge in [-0.1, -0.05) is 0 Å². The number of rotatable bonds is 3. The van der Waals surface area contributed by atoms with Gasteiger partial charge in [0.05, 0.1) is 17.6 Å². The molecule has 0 radical (unpaired) electrons. The molecular formula is C21H18F6N6O5S. The van der Waals surface area contributed by atoms with E-state index in [0.717, 1.165) is 41.6 Å². The van der Waals surface area contributed by atoms with E-state index in [4.69, 9.17) is 19.8 Å². The number of carbonyl (C=O) groups excluding carboxylic acids is 1. The average molecular weight is 580 g/mol. The van der Waals surface area contributed by atoms with Gasteiger partial charge in [0.1, 0.15) is 5.82 Å². The summed E-state index contributed by atoms with van der Waals surface area (Å²) in [5.41, 5.74) is 1.53. The predicted molar refractivity (Wildman–Crippen MR) is 124 cm³/mol. The molecular weight excluding hydrogens is 562 g/mol. The number of halogens is 6. The van der Waals surface area contributed by atoms with Crippen LogP contribution >= 0.6 is 11.3 Å². The Morgan fingerprint density at radius 3 is 2.10 bits per heavy atom. The topological polar surface area (TPSA) is 158 Å². The molecule has 210 valence electrons. The zero-order valence-corrected chi connectivity index (χ0v) is 20.4. The molecule has 11 nitrogen and oxygen atoms in total. The van der Waals surface area contributed by atoms with Gasteiger partial charge in [0.25, 0.3) is 5.91 Å². The molecule has 0 aromatic carbocycles. The van der Waals surface area contributed by atoms with Crippen LogP contribution in [0.2, 0.25) is 0 Å². The molecule has 3 N–H and O–H groups in total. The van der Waals surface area contributed by atoms with Crippen LogP contribution in [0, 0.1) is 6.92 Å². The highest BCUT2D eigenvalue weighted by Gasteiger charge is 2.38. The third-order valence-corrected chi connectivity index (χ3v) is 5.48. The van der Waals surface area contributed by atoms with E-state index >= 15 is 0 Å². The number of anilines is 3. The molecule has 1 amide bonds. The molecule has 0 atom stereocenters. The van der Waals surface area contributed by atoms with Crippen molar-refractivity contribution in [3.63, 3.8) is 0 Å². The molecule has 0 spiro atoms. The number of carbonyl (C=O) groups is 3. The minimum absolute atomic E-state index is 0.220. The number of hydrogen-bond acceptors (Lipinski definition) is 9. The second-order valence-electron chi connectivity index (χ2n) is 7.36. The van der Waals surface area contributed by atoms with Gasteiger partial charge in [-0.2, -0.15) is 31.4 Å². The SMILES string of the molecule is Cc1ccc(N2CCCc3sc(C(=O)Nc4cccnc4)nc32)nn1.O=C(O)C(F)(F)F.O=C(O)C(F)(F)F. The summed E-state index contributed by atoms with van der Waals surface area (Å²) in [6.07, 6.45) is -4.98. The second-order valence-corrected chi connectivity index (χ2v) is 8.44. The first-order valence-corrected chi connectivity index (χ1v) is 11.3. The van der Waals surface area contributed by atoms with Crippen molar-refractivity contribution >= 4 is 46.5 Å². The van der Waals surface area contributed by atoms with Crippen LogP contribution in [0.4, 0.5) is 43.7 Å². The van der Waals surface area contributed by atoms with E-state index in [9.17, 15) is 31.1 Å². The highest BCUT2D eigenvalue weighted by atomic mass is 32.1. The van der Waals surface area contributed by atoms with Gasteiger partial charge in [-0.25, -0.2) is 14.6 Å². The van der Waals surface area contributed by atoms with Crippen LogP contribution in [0.25, 0.3) is 0 Å². The molecule has 3 aromatic heterocycles. The Bertz CT molecular complexity index is 1260. The molecule has 1 aliphatic heterocycles. The summed E-state index contributed by atoms with van der Waals surface area (Å²) in [7, 11) is 0. The summed E-state index contributed by atoms with van der Waals surface area (Å²) in [5.74, 6) is -4.16. The van der Waals surface area contributed by atoms with E-state index in [1.54, 1.807) is 24.5 Å². The Morgan fingerprint density at radius 2 is 1.62 bits per heavy atom. The van der Waals surface area contributed by atoms with Crippen molar-refractivity contribution in [2.24, 2.45) is 0 Å². The lowest BCUT2D eigenvalue weighted by molar-refractivity contribution is -0.193. The van der Waals surface area contributed by atoms with Crippen LogP contribution in [-0.4, -0.2) is 67.1 Å². The van der Waals surface area contributed by atoms with E-state index in [2.05, 4.69) is 25.5 Å². The number of nitrogens with one attached hydrogen (secondary N) is 1. The molecule has 4 heterocycles. The van der Waals surface area contributed by atoms with Gasteiger partial charge in [-0.3, -0.25) is 9.78 Å². The van der Waals surface area contributed by atoms with Gasteiger partial charge in [0, 0.05) is 17.6 Å². The van der Waals surface area contributed by atoms with E-state index in [1.807, 2.05) is 24.0 Å². The van der Waals surface area contributed by atoms with Crippen molar-refractivity contribution in [3.8, 4) is 0 Å². The van der Waals surface area contributed by atoms with Crippen molar-refractivity contribution in [1.82, 2.24) is 20.2 Å². The summed E-state index contributed by atoms with van der Waals surface area (Å²) in [4.78, 5) is 42.0. The highest BCUT2D eigenvalue weighted by molar-refractivity contribution is 7.14. The molecule has 39 heavy (non-hydrogen) atoms. The standard InChI is InChI=1S/C17H16N6OS.2C2HF3O2/c1-11-6-7-14(22-21-11)23-9-3-5-13-15(23)20-17(25-13)16(24)19-12-4-2-8-18-10-12;2*3-2(4,5)1(6)7/h2,4,6-8,10H,3,5,9H2,1H3,(H,19,24);2*(H,6,7). The lowest BCUT2D eigenvalue weighted by Gasteiger charge is -2.25. The van der Waals surface area contributed by atoms with Crippen LogP contribution in [0.15, 0.2) is 36.7 Å². The van der Waals surface area contributed by atoms with Gasteiger partial charge < -0.3 is 20.4 Å². The summed E-state index contributed by atoms with van der Waals surface area (Å²) in [6.45, 7) is 2.72. The zero-order valence-electron chi connectivity index (χ0n) is 19.6. The molecule has 0 bridgehead atoms. The quantitative estimate of drug-likeness (QED) is 0.383. The van der Waals surface area contributed by atoms with Crippen LogP contribution < -0.4 is 10.2 Å². The fourth-order valence-corrected chi connectivity index (χ4v) is 3.70. The largest absolute Gasteiger partial charge is 0.490 e. The molecule has 0 saturated carbocycles. The average Bonchev–Trinajstić information content (AvgIpc) is 3.30. The van der Waals surface area contributed by atoms with E-state index in [1.165, 1.54) is 11.3 Å². The monoisotopic (exact) mass is 580 g/mol. The Morgan fingerprint density at radius 1 is 1.00 bits per heavy atom. The number of thiazole rings is 1. The van der Waals surface area contributed by atoms with Gasteiger partial charge in [0.2, 0.25) is 0 Å². The van der Waals surface area contributed by atoms with E-state index < -0.39 is 24.3 Å². The number of nitrogens with zero attached hydrogens (tertiary/aromatic N) is 5. The first-order valence-electron chi connectivity index (χ1n) is 10.5. The predicted octanol–water partition coefficient (Wildman–Crippen LogP) is 4.24. The number of aromatic nitrogens is 4. The van der Waals surface area contributed by atoms with Crippen molar-refractivity contribution in [2.45, 2.75) is 32.1 Å². The van der Waals surface area contributed by atoms with Gasteiger partial charge in [-0.05, 0) is 44.0 Å². The number of amides is 1. The maximum Gasteiger partial charge on any atom is 0.490 e. The maximum absolute atomic E-state index is 12.5. The van der Waals surface area contributed by atoms with Crippen molar-refractivity contribution in [1.29, 1.82) is 0 Å². The van der Waals surface area contributed by atoms with Crippen LogP contribution in [0.1, 0.15) is 26.8 Å². The third-order valence-electron chi connectivity index (χ3n) is 4.38. The molecule has 3 aromatic rings. The summed E-state index contributed by atoms with van der Waals surface area (Å²) in [6, 6.07) is 7.44. The van der Waals surface area contributed by atoms with Crippen LogP contribution in [0.5, 0.6) is 0 Å². The Labute approximate surface area is 219 Å². The highest BCUT2D eigenvalue weighted by Crippen LogP contribution is 2.35. The lowest BCUT2D eigenvalue weighted by atomic mass is 10.2. The smallest absolute Gasteiger partial charge is 0.475 e. The van der Waals surface area contributed by atoms with Crippen molar-refractivity contribution in [2.75, 3.05) is 16.8 Å². The summed E-state index contributed by atoms with van der Waals surface area (Å²) >= 11 is 1.43. The van der Waals surface area contributed by atoms with Gasteiger partial charge in [0.15, 0.2) is 10.8 Å². The number of hydrogen-bond donors (Lipinski definition) is 3. The Balaban J connectivity index is 0.000000317. The van der Waals surface area contributed by atoms with E-state index in [0.29, 0.717) is 10.7 Å². The molecule has 18 heteroatoms. The fourth-order valence-electron chi connectivity index (χ4n) is 2.70. The fraction of sp³-hybridized carbons (Fsp3) is 0.286. The summed E-state index contributed by atoms with van der Waals surface area (Å²) in [5, 5.41) is 25.9. The Kier molecular flexibility index (Phi) is 10.2. The van der Waals surface area contributed by atoms with Gasteiger partial charge >= 0.3 is 24.3 Å². The molecule has 1 aliphatic rings. The minimum Gasteiger partial charge on any atom is -0.475 e. The first kappa shape index (κ1) is 30.9. The number of pyridine rings is 1. The van der Waals surface area contributed by atoms with E-state index in [-0.39, 0.29) is 5.91 Å². The number of aliphatic carboxylic acids is 2. The molecule has 0 aliphatic carbocycles. The summed E-state index contributed by atoms with van der Waals surface area (Å²) < 4.78 is 63.5. The van der Waals surface area contributed by atoms with Crippen LogP contribution in [0.3, 0.4) is 0 Å². The number of carboxylic acids is 2. The molecule has 0 saturated heterocycles. The second kappa shape index (κ2) is 12.9. The normalized spacial score (nSPS) is 12.6. The zero-order chi connectivity index (χ0) is 29.4. The molecule has 0 unspecified atom stereocenters. The molecule has 0 fully saturated rings. The number of alkyl halides is 6. The molecule has 4 rings (SSSR count). The minimum atomic E-state index is -5.08. The third kappa shape index (κ3) is 9.47. The Hall–Kier alpha value is -4.35. The maximum atomic E-state index is 12.5. The number of aryl methyl sites for hydroxylation is 2. The lowest BCUT2D eigenvalue weighted by Crippen LogP contribution is -2.25. The van der Waals surface area contributed by atoms with Crippen molar-refractivity contribution in [3.05, 3.63) is 52.2 Å². The van der Waals surface area contributed by atoms with Crippen LogP contribution in [-0.2, 0) is 16.0 Å². The van der Waals surface area contributed by atoms with Gasteiger partial charge in [-0.15, -0.1) is 16.4 Å². The van der Waals surface area contributed by atoms with Crippen molar-refractivity contribution < 1.29 is 50.9 Å². The number of fused-ring (bicyclic) bond motifs is 1. The number of carboxylic acid groups (broad SMARTS) is 2.